The van der Waals surface area contributed by atoms with Gasteiger partial charge in [-0.15, -0.1) is 12.4 Å². The van der Waals surface area contributed by atoms with Gasteiger partial charge in [0, 0.05) is 19.0 Å². The third kappa shape index (κ3) is 7.70. The van der Waals surface area contributed by atoms with Crippen molar-refractivity contribution in [2.45, 2.75) is 32.2 Å². The fourth-order valence-electron chi connectivity index (χ4n) is 1.58. The molecule has 0 fully saturated rings. The van der Waals surface area contributed by atoms with E-state index in [2.05, 4.69) is 5.32 Å². The van der Waals surface area contributed by atoms with Crippen LogP contribution in [-0.4, -0.2) is 25.6 Å². The number of nitrogens with one attached hydrogen (secondary N) is 1. The van der Waals surface area contributed by atoms with Gasteiger partial charge < -0.3 is 15.8 Å². The molecule has 1 unspecified atom stereocenters. The van der Waals surface area contributed by atoms with Gasteiger partial charge in [-0.05, 0) is 37.5 Å². The molecule has 4 nitrogen and oxygen atoms in total. The molecule has 1 aromatic rings. The number of hydrogen-bond acceptors (Lipinski definition) is 3. The van der Waals surface area contributed by atoms with Crippen molar-refractivity contribution in [3.05, 3.63) is 29.8 Å². The lowest BCUT2D eigenvalue weighted by atomic mass is 10.1. The lowest BCUT2D eigenvalue weighted by Gasteiger charge is -2.07. The number of nitrogens with two attached hydrogens (primary N) is 1. The van der Waals surface area contributed by atoms with Crippen LogP contribution in [0.5, 0.6) is 5.75 Å². The minimum Gasteiger partial charge on any atom is -0.497 e. The molecule has 0 aliphatic heterocycles. The zero-order valence-electron chi connectivity index (χ0n) is 11.5. The topological polar surface area (TPSA) is 64.3 Å². The summed E-state index contributed by atoms with van der Waals surface area (Å²) in [5, 5.41) is 2.86. The first-order valence-electron chi connectivity index (χ1n) is 6.27. The maximum absolute atomic E-state index is 11.5. The lowest BCUT2D eigenvalue weighted by molar-refractivity contribution is -0.121. The molecule has 0 radical (unpaired) electrons. The van der Waals surface area contributed by atoms with Crippen LogP contribution >= 0.6 is 12.4 Å². The van der Waals surface area contributed by atoms with Crippen LogP contribution in [0.4, 0.5) is 0 Å². The Morgan fingerprint density at radius 2 is 2.00 bits per heavy atom. The zero-order chi connectivity index (χ0) is 13.4. The van der Waals surface area contributed by atoms with Gasteiger partial charge in [0.05, 0.1) is 7.11 Å². The van der Waals surface area contributed by atoms with Crippen molar-refractivity contribution in [2.75, 3.05) is 13.7 Å². The Morgan fingerprint density at radius 1 is 1.37 bits per heavy atom. The molecule has 1 amide bonds. The van der Waals surface area contributed by atoms with Gasteiger partial charge in [-0.1, -0.05) is 12.1 Å². The number of carbonyl (C=O) groups excluding carboxylic acids is 1. The Bertz CT molecular complexity index is 366. The molecule has 0 aromatic heterocycles. The van der Waals surface area contributed by atoms with E-state index in [1.807, 2.05) is 31.2 Å². The number of hydrogen-bond donors (Lipinski definition) is 2. The van der Waals surface area contributed by atoms with Crippen LogP contribution in [0.25, 0.3) is 0 Å². The van der Waals surface area contributed by atoms with Crippen molar-refractivity contribution in [2.24, 2.45) is 5.73 Å². The van der Waals surface area contributed by atoms with Crippen LogP contribution in [0, 0.1) is 0 Å². The molecule has 0 bridgehead atoms. The molecule has 1 aromatic carbocycles. The number of halogens is 1. The smallest absolute Gasteiger partial charge is 0.220 e. The van der Waals surface area contributed by atoms with Gasteiger partial charge in [-0.25, -0.2) is 0 Å². The summed E-state index contributed by atoms with van der Waals surface area (Å²) >= 11 is 0. The number of aryl methyl sites for hydroxylation is 1. The maximum atomic E-state index is 11.5. The van der Waals surface area contributed by atoms with E-state index >= 15 is 0 Å². The standard InChI is InChI=1S/C14H22N2O2.ClH/c1-11(15)9-10-16-14(17)8-5-12-3-6-13(18-2)7-4-12;/h3-4,6-7,11H,5,8-10,15H2,1-2H3,(H,16,17);1H. The molecule has 1 atom stereocenters. The summed E-state index contributed by atoms with van der Waals surface area (Å²) < 4.78 is 5.08. The van der Waals surface area contributed by atoms with Crippen LogP contribution in [-0.2, 0) is 11.2 Å². The SMILES string of the molecule is COc1ccc(CCC(=O)NCCC(C)N)cc1.Cl. The first-order chi connectivity index (χ1) is 8.61. The van der Waals surface area contributed by atoms with Gasteiger partial charge in [0.15, 0.2) is 0 Å². The average molecular weight is 287 g/mol. The van der Waals surface area contributed by atoms with Crippen LogP contribution in [0.2, 0.25) is 0 Å². The van der Waals surface area contributed by atoms with Crippen molar-refractivity contribution in [3.63, 3.8) is 0 Å². The third-order valence-corrected chi connectivity index (χ3v) is 2.72. The number of benzene rings is 1. The van der Waals surface area contributed by atoms with E-state index < -0.39 is 0 Å². The fraction of sp³-hybridized carbons (Fsp3) is 0.500. The molecule has 5 heteroatoms. The van der Waals surface area contributed by atoms with Gasteiger partial charge >= 0.3 is 0 Å². The van der Waals surface area contributed by atoms with Crippen LogP contribution < -0.4 is 15.8 Å². The molecule has 0 saturated heterocycles. The highest BCUT2D eigenvalue weighted by atomic mass is 35.5. The molecular weight excluding hydrogens is 264 g/mol. The van der Waals surface area contributed by atoms with Crippen molar-refractivity contribution in [1.29, 1.82) is 0 Å². The molecule has 0 aliphatic rings. The molecule has 3 N–H and O–H groups in total. The highest BCUT2D eigenvalue weighted by Gasteiger charge is 2.02. The Balaban J connectivity index is 0.00000324. The quantitative estimate of drug-likeness (QED) is 0.805. The lowest BCUT2D eigenvalue weighted by Crippen LogP contribution is -2.29. The van der Waals surface area contributed by atoms with Gasteiger partial charge in [-0.3, -0.25) is 4.79 Å². The predicted octanol–water partition coefficient (Wildman–Crippen LogP) is 1.90. The third-order valence-electron chi connectivity index (χ3n) is 2.72. The molecule has 0 saturated carbocycles. The molecular formula is C14H23ClN2O2. The minimum absolute atomic E-state index is 0. The molecule has 1 rings (SSSR count). The number of rotatable bonds is 7. The molecule has 108 valence electrons. The van der Waals surface area contributed by atoms with E-state index in [0.717, 1.165) is 24.2 Å². The summed E-state index contributed by atoms with van der Waals surface area (Å²) in [6, 6.07) is 7.90. The number of carbonyl (C=O) groups is 1. The normalized spacial score (nSPS) is 11.3. The van der Waals surface area contributed by atoms with E-state index in [-0.39, 0.29) is 24.4 Å². The second kappa shape index (κ2) is 9.64. The monoisotopic (exact) mass is 286 g/mol. The Kier molecular flexibility index (Phi) is 9.00. The van der Waals surface area contributed by atoms with E-state index in [1.165, 1.54) is 0 Å². The largest absolute Gasteiger partial charge is 0.497 e. The van der Waals surface area contributed by atoms with E-state index in [4.69, 9.17) is 10.5 Å². The van der Waals surface area contributed by atoms with Crippen molar-refractivity contribution in [1.82, 2.24) is 5.32 Å². The molecule has 0 spiro atoms. The maximum Gasteiger partial charge on any atom is 0.220 e. The second-order valence-corrected chi connectivity index (χ2v) is 4.46. The molecule has 0 heterocycles. The summed E-state index contributed by atoms with van der Waals surface area (Å²) in [6.45, 7) is 2.59. The Hall–Kier alpha value is -1.26. The average Bonchev–Trinajstić information content (AvgIpc) is 2.36. The summed E-state index contributed by atoms with van der Waals surface area (Å²) in [4.78, 5) is 11.5. The first-order valence-corrected chi connectivity index (χ1v) is 6.27. The summed E-state index contributed by atoms with van der Waals surface area (Å²) in [7, 11) is 1.64. The number of ether oxygens (including phenoxy) is 1. The fourth-order valence-corrected chi connectivity index (χ4v) is 1.58. The van der Waals surface area contributed by atoms with Crippen molar-refractivity contribution >= 4 is 18.3 Å². The minimum atomic E-state index is 0. The zero-order valence-corrected chi connectivity index (χ0v) is 12.3. The van der Waals surface area contributed by atoms with Crippen molar-refractivity contribution in [3.8, 4) is 5.75 Å². The first kappa shape index (κ1) is 17.7. The number of methoxy groups -OCH3 is 1. The highest BCUT2D eigenvalue weighted by Crippen LogP contribution is 2.12. The van der Waals surface area contributed by atoms with Gasteiger partial charge in [-0.2, -0.15) is 0 Å². The molecule has 19 heavy (non-hydrogen) atoms. The van der Waals surface area contributed by atoms with Crippen LogP contribution in [0.1, 0.15) is 25.3 Å². The Morgan fingerprint density at radius 3 is 2.53 bits per heavy atom. The van der Waals surface area contributed by atoms with Gasteiger partial charge in [0.25, 0.3) is 0 Å². The van der Waals surface area contributed by atoms with Crippen molar-refractivity contribution < 1.29 is 9.53 Å². The highest BCUT2D eigenvalue weighted by molar-refractivity contribution is 5.85. The van der Waals surface area contributed by atoms with E-state index in [0.29, 0.717) is 13.0 Å². The second-order valence-electron chi connectivity index (χ2n) is 4.46. The van der Waals surface area contributed by atoms with E-state index in [1.54, 1.807) is 7.11 Å². The predicted molar refractivity (Wildman–Crippen MR) is 79.8 cm³/mol. The molecule has 0 aliphatic carbocycles. The van der Waals surface area contributed by atoms with Gasteiger partial charge in [0.1, 0.15) is 5.75 Å². The van der Waals surface area contributed by atoms with Gasteiger partial charge in [0.2, 0.25) is 5.91 Å². The van der Waals surface area contributed by atoms with Crippen LogP contribution in [0.3, 0.4) is 0 Å². The van der Waals surface area contributed by atoms with Crippen LogP contribution in [0.15, 0.2) is 24.3 Å². The summed E-state index contributed by atoms with van der Waals surface area (Å²) in [5.74, 6) is 0.909. The van der Waals surface area contributed by atoms with E-state index in [9.17, 15) is 4.79 Å². The Labute approximate surface area is 121 Å². The number of amides is 1. The summed E-state index contributed by atoms with van der Waals surface area (Å²) in [5.41, 5.74) is 6.74. The summed E-state index contributed by atoms with van der Waals surface area (Å²) in [6.07, 6.45) is 2.06.